The van der Waals surface area contributed by atoms with E-state index in [9.17, 15) is 0 Å². The Balaban J connectivity index is -0.000000218. The molecule has 0 aliphatic heterocycles. The molecule has 0 fully saturated rings. The van der Waals surface area contributed by atoms with E-state index in [2.05, 4.69) is 13.8 Å². The van der Waals surface area contributed by atoms with Crippen molar-refractivity contribution in [1.82, 2.24) is 0 Å². The molecule has 0 saturated carbocycles. The number of aliphatic hydroxyl groups excluding tert-OH is 4. The molecule has 39 heavy (non-hydrogen) atoms. The molecule has 11 nitrogen and oxygen atoms in total. The zero-order valence-electron chi connectivity index (χ0n) is 25.6. The number of unbranched alkanes of at least 4 members (excludes halogenated alkanes) is 4. The Morgan fingerprint density at radius 3 is 0.897 bits per heavy atom. The number of rotatable bonds is 27. The van der Waals surface area contributed by atoms with E-state index in [4.69, 9.17) is 53.6 Å². The summed E-state index contributed by atoms with van der Waals surface area (Å²) < 4.78 is 35.0. The predicted molar refractivity (Wildman–Crippen MR) is 154 cm³/mol. The van der Waals surface area contributed by atoms with E-state index in [1.807, 2.05) is 13.8 Å². The maximum atomic E-state index is 8.36. The summed E-state index contributed by atoms with van der Waals surface area (Å²) in [6.07, 6.45) is 7.72. The zero-order chi connectivity index (χ0) is 29.9. The van der Waals surface area contributed by atoms with Crippen LogP contribution in [0.2, 0.25) is 0 Å². The highest BCUT2D eigenvalue weighted by Gasteiger charge is 1.90. The first-order valence-electron chi connectivity index (χ1n) is 14.6. The van der Waals surface area contributed by atoms with Crippen LogP contribution >= 0.6 is 0 Å². The van der Waals surface area contributed by atoms with Crippen molar-refractivity contribution in [3.63, 3.8) is 0 Å². The fourth-order valence-electron chi connectivity index (χ4n) is 2.31. The molecule has 0 atom stereocenters. The summed E-state index contributed by atoms with van der Waals surface area (Å²) in [4.78, 5) is 0. The average molecular weight is 577 g/mol. The van der Waals surface area contributed by atoms with Crippen LogP contribution in [0.5, 0.6) is 0 Å². The third-order valence-electron chi connectivity index (χ3n) is 4.25. The van der Waals surface area contributed by atoms with Gasteiger partial charge < -0.3 is 53.6 Å². The van der Waals surface area contributed by atoms with E-state index < -0.39 is 0 Å². The lowest BCUT2D eigenvalue weighted by molar-refractivity contribution is 0.00230. The third kappa shape index (κ3) is 67.3. The summed E-state index contributed by atoms with van der Waals surface area (Å²) >= 11 is 0. The van der Waals surface area contributed by atoms with Gasteiger partial charge in [0.05, 0.1) is 92.5 Å². The lowest BCUT2D eigenvalue weighted by atomic mass is 10.2. The monoisotopic (exact) mass is 576 g/mol. The molecule has 0 aromatic rings. The van der Waals surface area contributed by atoms with Gasteiger partial charge in [-0.05, 0) is 26.7 Å². The Labute approximate surface area is 239 Å². The Bertz CT molecular complexity index is 313. The Kier molecular flexibility index (Phi) is 62.8. The van der Waals surface area contributed by atoms with Crippen LogP contribution in [0.4, 0.5) is 0 Å². The van der Waals surface area contributed by atoms with Gasteiger partial charge in [-0.3, -0.25) is 0 Å². The third-order valence-corrected chi connectivity index (χ3v) is 4.25. The zero-order valence-corrected chi connectivity index (χ0v) is 25.6. The minimum Gasteiger partial charge on any atom is -0.394 e. The SMILES string of the molecule is CCCCCCOCCCC.CCOCC.OCCOCCOCCO.OCCOCCOCCOCCO. The van der Waals surface area contributed by atoms with Gasteiger partial charge >= 0.3 is 0 Å². The summed E-state index contributed by atoms with van der Waals surface area (Å²) in [5.41, 5.74) is 0. The lowest BCUT2D eigenvalue weighted by Gasteiger charge is -2.04. The Morgan fingerprint density at radius 2 is 0.615 bits per heavy atom. The smallest absolute Gasteiger partial charge is 0.0701 e. The molecule has 0 aromatic heterocycles. The number of hydrogen-bond acceptors (Lipinski definition) is 11. The van der Waals surface area contributed by atoms with Gasteiger partial charge in [0.2, 0.25) is 0 Å². The van der Waals surface area contributed by atoms with Crippen molar-refractivity contribution in [1.29, 1.82) is 0 Å². The van der Waals surface area contributed by atoms with Gasteiger partial charge in [-0.15, -0.1) is 0 Å². The Hall–Kier alpha value is -0.440. The molecule has 0 amide bonds. The first-order chi connectivity index (χ1) is 19.2. The quantitative estimate of drug-likeness (QED) is 0.107. The fourth-order valence-corrected chi connectivity index (χ4v) is 2.31. The number of aliphatic hydroxyl groups is 4. The van der Waals surface area contributed by atoms with Crippen molar-refractivity contribution in [2.45, 2.75) is 66.2 Å². The van der Waals surface area contributed by atoms with Crippen LogP contribution in [0.1, 0.15) is 66.2 Å². The molecule has 242 valence electrons. The predicted octanol–water partition coefficient (Wildman–Crippen LogP) is 2.45. The molecule has 0 aliphatic carbocycles. The van der Waals surface area contributed by atoms with Gasteiger partial charge in [0.15, 0.2) is 0 Å². The highest BCUT2D eigenvalue weighted by atomic mass is 16.5. The van der Waals surface area contributed by atoms with Crippen molar-refractivity contribution in [2.24, 2.45) is 0 Å². The molecule has 0 spiro atoms. The fraction of sp³-hybridized carbons (Fsp3) is 1.00. The van der Waals surface area contributed by atoms with Crippen LogP contribution < -0.4 is 0 Å². The van der Waals surface area contributed by atoms with Crippen molar-refractivity contribution < 1.29 is 53.6 Å². The second-order valence-electron chi connectivity index (χ2n) is 7.76. The number of ether oxygens (including phenoxy) is 7. The maximum absolute atomic E-state index is 8.36. The molecule has 0 radical (unpaired) electrons. The van der Waals surface area contributed by atoms with Crippen LogP contribution in [0.15, 0.2) is 0 Å². The summed E-state index contributed by atoms with van der Waals surface area (Å²) in [7, 11) is 0. The van der Waals surface area contributed by atoms with Crippen molar-refractivity contribution >= 4 is 0 Å². The van der Waals surface area contributed by atoms with Crippen LogP contribution in [-0.2, 0) is 33.2 Å². The standard InChI is InChI=1S/C10H22O.C8H18O5.C6H14O4.C4H10O/c1-3-5-7-8-10-11-9-6-4-2;9-1-3-11-5-7-13-8-6-12-4-2-10;7-1-3-9-5-6-10-4-2-8;1-3-5-4-2/h3-10H2,1-2H3;9-10H,1-8H2;7-8H,1-6H2;3-4H2,1-2H3. The van der Waals surface area contributed by atoms with E-state index >= 15 is 0 Å². The first-order valence-corrected chi connectivity index (χ1v) is 14.6. The minimum absolute atomic E-state index is 0.0413. The van der Waals surface area contributed by atoms with E-state index in [0.717, 1.165) is 26.4 Å². The van der Waals surface area contributed by atoms with Gasteiger partial charge in [0.25, 0.3) is 0 Å². The molecule has 0 bridgehead atoms. The van der Waals surface area contributed by atoms with Crippen molar-refractivity contribution in [3.05, 3.63) is 0 Å². The molecule has 0 aliphatic rings. The maximum Gasteiger partial charge on any atom is 0.0701 e. The topological polar surface area (TPSA) is 146 Å². The van der Waals surface area contributed by atoms with Crippen molar-refractivity contribution in [3.8, 4) is 0 Å². The normalized spacial score (nSPS) is 10.2. The van der Waals surface area contributed by atoms with Gasteiger partial charge in [-0.2, -0.15) is 0 Å². The largest absolute Gasteiger partial charge is 0.394 e. The van der Waals surface area contributed by atoms with E-state index in [0.29, 0.717) is 66.1 Å². The molecule has 0 unspecified atom stereocenters. The molecule has 0 rings (SSSR count). The van der Waals surface area contributed by atoms with Crippen molar-refractivity contribution in [2.75, 3.05) is 119 Å². The molecule has 0 heterocycles. The van der Waals surface area contributed by atoms with Crippen LogP contribution in [0.3, 0.4) is 0 Å². The second kappa shape index (κ2) is 53.8. The Morgan fingerprint density at radius 1 is 0.308 bits per heavy atom. The summed E-state index contributed by atoms with van der Waals surface area (Å²) in [5, 5.41) is 33.2. The van der Waals surface area contributed by atoms with E-state index in [1.54, 1.807) is 0 Å². The van der Waals surface area contributed by atoms with Crippen LogP contribution in [0, 0.1) is 0 Å². The van der Waals surface area contributed by atoms with E-state index in [1.165, 1.54) is 38.5 Å². The first kappa shape index (κ1) is 45.5. The van der Waals surface area contributed by atoms with Gasteiger partial charge in [0.1, 0.15) is 0 Å². The highest BCUT2D eigenvalue weighted by Crippen LogP contribution is 1.99. The lowest BCUT2D eigenvalue weighted by Crippen LogP contribution is -2.11. The summed E-state index contributed by atoms with van der Waals surface area (Å²) in [6, 6.07) is 0. The molecular formula is C28H64O11. The van der Waals surface area contributed by atoms with Gasteiger partial charge in [-0.1, -0.05) is 39.5 Å². The highest BCUT2D eigenvalue weighted by molar-refractivity contribution is 4.39. The minimum atomic E-state index is 0.0413. The number of hydrogen-bond donors (Lipinski definition) is 4. The average Bonchev–Trinajstić information content (AvgIpc) is 2.95. The molecular weight excluding hydrogens is 512 g/mol. The van der Waals surface area contributed by atoms with E-state index in [-0.39, 0.29) is 26.4 Å². The molecule has 11 heteroatoms. The molecule has 4 N–H and O–H groups in total. The van der Waals surface area contributed by atoms with Crippen LogP contribution in [0.25, 0.3) is 0 Å². The summed E-state index contributed by atoms with van der Waals surface area (Å²) in [5.74, 6) is 0. The van der Waals surface area contributed by atoms with Gasteiger partial charge in [0, 0.05) is 26.4 Å². The molecule has 0 aromatic carbocycles. The van der Waals surface area contributed by atoms with Crippen LogP contribution in [-0.4, -0.2) is 139 Å². The molecule has 0 saturated heterocycles. The second-order valence-corrected chi connectivity index (χ2v) is 7.76. The van der Waals surface area contributed by atoms with Gasteiger partial charge in [-0.25, -0.2) is 0 Å². The summed E-state index contributed by atoms with van der Waals surface area (Å²) in [6.45, 7) is 16.5.